The summed E-state index contributed by atoms with van der Waals surface area (Å²) in [5.74, 6) is 0.455. The molecule has 4 nitrogen and oxygen atoms in total. The van der Waals surface area contributed by atoms with Crippen LogP contribution in [-0.4, -0.2) is 10.9 Å². The second-order valence-electron chi connectivity index (χ2n) is 4.58. The summed E-state index contributed by atoms with van der Waals surface area (Å²) in [6, 6.07) is 9.61. The van der Waals surface area contributed by atoms with Crippen molar-refractivity contribution in [1.82, 2.24) is 4.98 Å². The van der Waals surface area contributed by atoms with E-state index in [1.54, 1.807) is 12.3 Å². The van der Waals surface area contributed by atoms with Gasteiger partial charge in [0.25, 0.3) is 0 Å². The minimum Gasteiger partial charge on any atom is -0.397 e. The van der Waals surface area contributed by atoms with Crippen LogP contribution in [0, 0.1) is 13.8 Å². The molecule has 0 aliphatic heterocycles. The van der Waals surface area contributed by atoms with E-state index >= 15 is 0 Å². The topological polar surface area (TPSA) is 68.0 Å². The highest BCUT2D eigenvalue weighted by Crippen LogP contribution is 2.14. The lowest BCUT2D eigenvalue weighted by atomic mass is 10.1. The molecule has 2 aromatic rings. The molecule has 0 bridgehead atoms. The summed E-state index contributed by atoms with van der Waals surface area (Å²) in [6.45, 7) is 3.88. The molecule has 0 radical (unpaired) electrons. The molecule has 0 aliphatic rings. The molecule has 19 heavy (non-hydrogen) atoms. The van der Waals surface area contributed by atoms with Crippen LogP contribution in [0.3, 0.4) is 0 Å². The molecule has 0 saturated carbocycles. The molecule has 0 atom stereocenters. The number of hydrogen-bond donors (Lipinski definition) is 2. The number of anilines is 2. The van der Waals surface area contributed by atoms with Crippen molar-refractivity contribution in [3.63, 3.8) is 0 Å². The fourth-order valence-electron chi connectivity index (χ4n) is 1.80. The molecule has 0 aliphatic carbocycles. The van der Waals surface area contributed by atoms with Crippen molar-refractivity contribution in [3.8, 4) is 0 Å². The first-order valence-corrected chi connectivity index (χ1v) is 6.13. The monoisotopic (exact) mass is 255 g/mol. The zero-order chi connectivity index (χ0) is 13.8. The van der Waals surface area contributed by atoms with Crippen molar-refractivity contribution in [1.29, 1.82) is 0 Å². The first kappa shape index (κ1) is 13.1. The van der Waals surface area contributed by atoms with E-state index in [1.165, 1.54) is 0 Å². The summed E-state index contributed by atoms with van der Waals surface area (Å²) >= 11 is 0. The summed E-state index contributed by atoms with van der Waals surface area (Å²) in [7, 11) is 0. The SMILES string of the molecule is Cc1cc(NC(=O)Cc2ccccc2C)ncc1N. The Hall–Kier alpha value is -2.36. The number of hydrogen-bond acceptors (Lipinski definition) is 3. The third-order valence-electron chi connectivity index (χ3n) is 3.03. The Morgan fingerprint density at radius 2 is 2.00 bits per heavy atom. The Bertz CT molecular complexity index is 608. The highest BCUT2D eigenvalue weighted by Gasteiger charge is 2.07. The van der Waals surface area contributed by atoms with Crippen LogP contribution in [-0.2, 0) is 11.2 Å². The van der Waals surface area contributed by atoms with Gasteiger partial charge in [0.2, 0.25) is 5.91 Å². The van der Waals surface area contributed by atoms with Crippen LogP contribution in [0.5, 0.6) is 0 Å². The number of pyridine rings is 1. The molecule has 1 amide bonds. The van der Waals surface area contributed by atoms with E-state index in [0.29, 0.717) is 17.9 Å². The third kappa shape index (κ3) is 3.31. The fourth-order valence-corrected chi connectivity index (χ4v) is 1.80. The van der Waals surface area contributed by atoms with Gasteiger partial charge in [0.05, 0.1) is 18.3 Å². The molecule has 0 saturated heterocycles. The van der Waals surface area contributed by atoms with Crippen LogP contribution in [0.25, 0.3) is 0 Å². The molecule has 98 valence electrons. The summed E-state index contributed by atoms with van der Waals surface area (Å²) in [5.41, 5.74) is 9.34. The molecular weight excluding hydrogens is 238 g/mol. The van der Waals surface area contributed by atoms with Gasteiger partial charge in [0.15, 0.2) is 0 Å². The van der Waals surface area contributed by atoms with E-state index < -0.39 is 0 Å². The average molecular weight is 255 g/mol. The predicted octanol–water partition coefficient (Wildman–Crippen LogP) is 2.46. The summed E-state index contributed by atoms with van der Waals surface area (Å²) in [5, 5.41) is 2.78. The van der Waals surface area contributed by atoms with Gasteiger partial charge in [0, 0.05) is 0 Å². The molecule has 4 heteroatoms. The van der Waals surface area contributed by atoms with E-state index in [4.69, 9.17) is 5.73 Å². The molecule has 1 heterocycles. The van der Waals surface area contributed by atoms with Gasteiger partial charge in [-0.1, -0.05) is 24.3 Å². The molecule has 0 spiro atoms. The molecule has 3 N–H and O–H groups in total. The lowest BCUT2D eigenvalue weighted by molar-refractivity contribution is -0.115. The summed E-state index contributed by atoms with van der Waals surface area (Å²) < 4.78 is 0. The number of benzene rings is 1. The largest absolute Gasteiger partial charge is 0.397 e. The van der Waals surface area contributed by atoms with Crippen molar-refractivity contribution >= 4 is 17.4 Å². The van der Waals surface area contributed by atoms with E-state index in [0.717, 1.165) is 16.7 Å². The maximum Gasteiger partial charge on any atom is 0.229 e. The summed E-state index contributed by atoms with van der Waals surface area (Å²) in [6.07, 6.45) is 1.90. The third-order valence-corrected chi connectivity index (χ3v) is 3.03. The van der Waals surface area contributed by atoms with E-state index in [2.05, 4.69) is 10.3 Å². The first-order chi connectivity index (χ1) is 9.06. The number of carbonyl (C=O) groups is 1. The molecule has 1 aromatic carbocycles. The maximum atomic E-state index is 11.9. The van der Waals surface area contributed by atoms with Crippen molar-refractivity contribution in [3.05, 3.63) is 53.2 Å². The van der Waals surface area contributed by atoms with Crippen LogP contribution in [0.1, 0.15) is 16.7 Å². The van der Waals surface area contributed by atoms with E-state index in [1.807, 2.05) is 38.1 Å². The predicted molar refractivity (Wildman–Crippen MR) is 76.9 cm³/mol. The van der Waals surface area contributed by atoms with Gasteiger partial charge < -0.3 is 11.1 Å². The van der Waals surface area contributed by atoms with Gasteiger partial charge in [0.1, 0.15) is 5.82 Å². The van der Waals surface area contributed by atoms with Gasteiger partial charge in [-0.2, -0.15) is 0 Å². The lowest BCUT2D eigenvalue weighted by Crippen LogP contribution is -2.16. The minimum atomic E-state index is -0.0778. The quantitative estimate of drug-likeness (QED) is 0.885. The van der Waals surface area contributed by atoms with Crippen LogP contribution in [0.2, 0.25) is 0 Å². The van der Waals surface area contributed by atoms with Gasteiger partial charge in [-0.25, -0.2) is 4.98 Å². The van der Waals surface area contributed by atoms with Gasteiger partial charge in [-0.3, -0.25) is 4.79 Å². The Morgan fingerprint density at radius 1 is 1.26 bits per heavy atom. The number of nitrogens with one attached hydrogen (secondary N) is 1. The van der Waals surface area contributed by atoms with E-state index in [9.17, 15) is 4.79 Å². The fraction of sp³-hybridized carbons (Fsp3) is 0.200. The van der Waals surface area contributed by atoms with Crippen molar-refractivity contribution in [2.75, 3.05) is 11.1 Å². The molecule has 1 aromatic heterocycles. The standard InChI is InChI=1S/C15H17N3O/c1-10-5-3-4-6-12(10)8-15(19)18-14-7-11(2)13(16)9-17-14/h3-7,9H,8,16H2,1-2H3,(H,17,18,19). The van der Waals surface area contributed by atoms with Gasteiger partial charge in [-0.15, -0.1) is 0 Å². The molecule has 2 rings (SSSR count). The molecular formula is C15H17N3O. The normalized spacial score (nSPS) is 10.2. The van der Waals surface area contributed by atoms with Crippen molar-refractivity contribution in [2.45, 2.75) is 20.3 Å². The number of nitrogens with two attached hydrogens (primary N) is 1. The summed E-state index contributed by atoms with van der Waals surface area (Å²) in [4.78, 5) is 16.0. The Balaban J connectivity index is 2.05. The number of nitrogens with zero attached hydrogens (tertiary/aromatic N) is 1. The van der Waals surface area contributed by atoms with E-state index in [-0.39, 0.29) is 5.91 Å². The van der Waals surface area contributed by atoms with Crippen molar-refractivity contribution in [2.24, 2.45) is 0 Å². The number of carbonyl (C=O) groups excluding carboxylic acids is 1. The van der Waals surface area contributed by atoms with Gasteiger partial charge >= 0.3 is 0 Å². The zero-order valence-electron chi connectivity index (χ0n) is 11.1. The highest BCUT2D eigenvalue weighted by molar-refractivity contribution is 5.91. The first-order valence-electron chi connectivity index (χ1n) is 6.13. The van der Waals surface area contributed by atoms with Crippen molar-refractivity contribution < 1.29 is 4.79 Å². The van der Waals surface area contributed by atoms with Crippen LogP contribution < -0.4 is 11.1 Å². The van der Waals surface area contributed by atoms with Crippen LogP contribution in [0.4, 0.5) is 11.5 Å². The highest BCUT2D eigenvalue weighted by atomic mass is 16.1. The Labute approximate surface area is 112 Å². The smallest absolute Gasteiger partial charge is 0.229 e. The van der Waals surface area contributed by atoms with Crippen LogP contribution >= 0.6 is 0 Å². The lowest BCUT2D eigenvalue weighted by Gasteiger charge is -2.08. The van der Waals surface area contributed by atoms with Crippen LogP contribution in [0.15, 0.2) is 36.5 Å². The maximum absolute atomic E-state index is 11.9. The number of amides is 1. The van der Waals surface area contributed by atoms with Gasteiger partial charge in [-0.05, 0) is 36.6 Å². The number of aryl methyl sites for hydroxylation is 2. The zero-order valence-corrected chi connectivity index (χ0v) is 11.1. The number of rotatable bonds is 3. The minimum absolute atomic E-state index is 0.0778. The molecule has 0 fully saturated rings. The average Bonchev–Trinajstić information content (AvgIpc) is 2.37. The number of aromatic nitrogens is 1. The second-order valence-corrected chi connectivity index (χ2v) is 4.58. The Kier molecular flexibility index (Phi) is 3.80. The molecule has 0 unspecified atom stereocenters. The number of nitrogen functional groups attached to an aromatic ring is 1. The second kappa shape index (κ2) is 5.52. The Morgan fingerprint density at radius 3 is 2.68 bits per heavy atom.